The van der Waals surface area contributed by atoms with Crippen molar-refractivity contribution in [3.63, 3.8) is 0 Å². The SMILES string of the molecule is C=C(C)C(F)(F)c1cc(Nc2n[nH]c(N)n2)cc([Si])c1-c1ccc(S(=O)(=O)NC2CC2)cc1. The number of nitrogens with two attached hydrogens (primary N) is 1. The summed E-state index contributed by atoms with van der Waals surface area (Å²) in [6.07, 6.45) is 1.62. The lowest BCUT2D eigenvalue weighted by Crippen LogP contribution is -2.25. The summed E-state index contributed by atoms with van der Waals surface area (Å²) >= 11 is 0. The van der Waals surface area contributed by atoms with Gasteiger partial charge in [0.1, 0.15) is 0 Å². The first kappa shape index (κ1) is 23.1. The molecule has 5 N–H and O–H groups in total. The number of hydrogen-bond acceptors (Lipinski definition) is 6. The molecule has 4 rings (SSSR count). The number of nitrogens with zero attached hydrogens (tertiary/aromatic N) is 2. The maximum absolute atomic E-state index is 15.2. The highest BCUT2D eigenvalue weighted by molar-refractivity contribution is 7.89. The minimum atomic E-state index is -3.66. The van der Waals surface area contributed by atoms with Crippen molar-refractivity contribution in [1.82, 2.24) is 19.9 Å². The number of rotatable bonds is 8. The van der Waals surface area contributed by atoms with Crippen molar-refractivity contribution in [3.8, 4) is 11.1 Å². The number of sulfonamides is 1. The Morgan fingerprint density at radius 1 is 1.27 bits per heavy atom. The summed E-state index contributed by atoms with van der Waals surface area (Å²) in [6, 6.07) is 8.64. The van der Waals surface area contributed by atoms with Crippen molar-refractivity contribution in [3.05, 3.63) is 54.1 Å². The van der Waals surface area contributed by atoms with Crippen LogP contribution >= 0.6 is 0 Å². The average Bonchev–Trinajstić information content (AvgIpc) is 3.45. The molecule has 3 radical (unpaired) electrons. The molecule has 3 aromatic rings. The van der Waals surface area contributed by atoms with Crippen LogP contribution in [0.2, 0.25) is 0 Å². The molecule has 1 heterocycles. The molecule has 1 fully saturated rings. The molecule has 0 amide bonds. The van der Waals surface area contributed by atoms with Crippen LogP contribution in [0.3, 0.4) is 0 Å². The maximum atomic E-state index is 15.2. The van der Waals surface area contributed by atoms with Crippen molar-refractivity contribution in [1.29, 1.82) is 0 Å². The molecule has 0 unspecified atom stereocenters. The minimum Gasteiger partial charge on any atom is -0.368 e. The summed E-state index contributed by atoms with van der Waals surface area (Å²) in [6.45, 7) is 4.69. The van der Waals surface area contributed by atoms with E-state index in [9.17, 15) is 8.42 Å². The van der Waals surface area contributed by atoms with Crippen molar-refractivity contribution in [2.75, 3.05) is 11.1 Å². The van der Waals surface area contributed by atoms with Gasteiger partial charge >= 0.3 is 0 Å². The van der Waals surface area contributed by atoms with E-state index < -0.39 is 15.9 Å². The number of nitrogens with one attached hydrogen (secondary N) is 3. The zero-order valence-electron chi connectivity index (χ0n) is 17.6. The number of hydrogen-bond donors (Lipinski definition) is 4. The molecule has 0 aliphatic heterocycles. The van der Waals surface area contributed by atoms with E-state index in [1.54, 1.807) is 6.07 Å². The number of allylic oxidation sites excluding steroid dienone is 1. The first-order valence-corrected chi connectivity index (χ1v) is 12.0. The largest absolute Gasteiger partial charge is 0.368 e. The van der Waals surface area contributed by atoms with Crippen molar-refractivity contribution in [2.45, 2.75) is 36.6 Å². The van der Waals surface area contributed by atoms with Gasteiger partial charge in [0, 0.05) is 17.3 Å². The molecular weight excluding hydrogens is 466 g/mol. The van der Waals surface area contributed by atoms with Gasteiger partial charge in [-0.25, -0.2) is 18.2 Å². The second-order valence-electron chi connectivity index (χ2n) is 7.89. The molecule has 0 spiro atoms. The highest BCUT2D eigenvalue weighted by Gasteiger charge is 2.36. The Hall–Kier alpha value is -3.09. The number of halogens is 2. The van der Waals surface area contributed by atoms with Crippen LogP contribution in [0.1, 0.15) is 25.3 Å². The Labute approximate surface area is 193 Å². The van der Waals surface area contributed by atoms with Gasteiger partial charge in [-0.05, 0) is 60.7 Å². The number of aromatic amines is 1. The summed E-state index contributed by atoms with van der Waals surface area (Å²) in [4.78, 5) is 3.99. The number of aromatic nitrogens is 3. The Balaban J connectivity index is 1.77. The molecule has 12 heteroatoms. The fraction of sp³-hybridized carbons (Fsp3) is 0.238. The summed E-state index contributed by atoms with van der Waals surface area (Å²) < 4.78 is 58.0. The van der Waals surface area contributed by atoms with E-state index in [0.717, 1.165) is 12.8 Å². The Morgan fingerprint density at radius 3 is 2.48 bits per heavy atom. The first-order chi connectivity index (χ1) is 15.5. The van der Waals surface area contributed by atoms with Crippen LogP contribution in [0.25, 0.3) is 11.1 Å². The predicted molar refractivity (Wildman–Crippen MR) is 123 cm³/mol. The normalized spacial score (nSPS) is 14.3. The third-order valence-corrected chi connectivity index (χ3v) is 7.05. The van der Waals surface area contributed by atoms with Gasteiger partial charge in [0.2, 0.25) is 21.9 Å². The summed E-state index contributed by atoms with van der Waals surface area (Å²) in [5.74, 6) is -3.18. The molecule has 8 nitrogen and oxygen atoms in total. The van der Waals surface area contributed by atoms with Gasteiger partial charge in [0.05, 0.1) is 15.1 Å². The second kappa shape index (κ2) is 8.36. The standard InChI is InChI=1S/C21H21F2N6O2SSi/c1-11(2)21(22,23)16-9-14(25-20-26-19(24)27-28-20)10-17(33)18(16)12-3-7-15(8-4-12)32(30,31)29-13-5-6-13/h3-4,7-10,13,29H,1,5-6H2,2H3,(H4,24,25,26,27,28). The highest BCUT2D eigenvalue weighted by atomic mass is 32.2. The molecule has 33 heavy (non-hydrogen) atoms. The predicted octanol–water partition coefficient (Wildman–Crippen LogP) is 2.70. The third kappa shape index (κ3) is 4.82. The number of benzene rings is 2. The molecule has 1 aliphatic rings. The molecule has 1 saturated carbocycles. The topological polar surface area (TPSA) is 126 Å². The van der Waals surface area contributed by atoms with Gasteiger partial charge in [0.15, 0.2) is 0 Å². The molecule has 0 saturated heterocycles. The van der Waals surface area contributed by atoms with Gasteiger partial charge in [-0.3, -0.25) is 0 Å². The molecule has 0 bridgehead atoms. The molecule has 171 valence electrons. The number of nitrogen functional groups attached to an aromatic ring is 1. The fourth-order valence-electron chi connectivity index (χ4n) is 3.25. The van der Waals surface area contributed by atoms with E-state index in [-0.39, 0.29) is 39.5 Å². The summed E-state index contributed by atoms with van der Waals surface area (Å²) in [5.41, 5.74) is 5.77. The van der Waals surface area contributed by atoms with Gasteiger partial charge in [-0.1, -0.05) is 23.9 Å². The van der Waals surface area contributed by atoms with E-state index in [1.165, 1.54) is 37.3 Å². The summed E-state index contributed by atoms with van der Waals surface area (Å²) in [5, 5.41) is 9.50. The van der Waals surface area contributed by atoms with E-state index in [1.807, 2.05) is 0 Å². The van der Waals surface area contributed by atoms with Crippen LogP contribution < -0.4 is 21.0 Å². The summed E-state index contributed by atoms with van der Waals surface area (Å²) in [7, 11) is -0.209. The van der Waals surface area contributed by atoms with Crippen LogP contribution in [0, 0.1) is 0 Å². The molecular formula is C21H21F2N6O2SSi. The van der Waals surface area contributed by atoms with Crippen LogP contribution in [-0.2, 0) is 15.9 Å². The third-order valence-electron chi connectivity index (χ3n) is 5.12. The average molecular weight is 488 g/mol. The van der Waals surface area contributed by atoms with Crippen LogP contribution in [0.15, 0.2) is 53.4 Å². The monoisotopic (exact) mass is 487 g/mol. The zero-order chi connectivity index (χ0) is 24.0. The van der Waals surface area contributed by atoms with E-state index in [4.69, 9.17) is 5.73 Å². The van der Waals surface area contributed by atoms with Crippen LogP contribution in [0.4, 0.5) is 26.4 Å². The smallest absolute Gasteiger partial charge is 0.294 e. The van der Waals surface area contributed by atoms with Gasteiger partial charge in [0.25, 0.3) is 5.92 Å². The number of alkyl halides is 2. The molecule has 1 aliphatic carbocycles. The Bertz CT molecular complexity index is 1320. The molecule has 0 atom stereocenters. The van der Waals surface area contributed by atoms with E-state index >= 15 is 8.78 Å². The molecule has 2 aromatic carbocycles. The van der Waals surface area contributed by atoms with E-state index in [0.29, 0.717) is 16.4 Å². The molecule has 1 aromatic heterocycles. The van der Waals surface area contributed by atoms with Gasteiger partial charge in [-0.2, -0.15) is 13.8 Å². The number of anilines is 3. The zero-order valence-corrected chi connectivity index (χ0v) is 19.4. The fourth-order valence-corrected chi connectivity index (χ4v) is 4.99. The van der Waals surface area contributed by atoms with Crippen LogP contribution in [0.5, 0.6) is 0 Å². The number of H-pyrrole nitrogens is 1. The minimum absolute atomic E-state index is 0.0382. The van der Waals surface area contributed by atoms with E-state index in [2.05, 4.69) is 42.0 Å². The van der Waals surface area contributed by atoms with Crippen LogP contribution in [-0.4, -0.2) is 39.9 Å². The Morgan fingerprint density at radius 2 is 1.94 bits per heavy atom. The quantitative estimate of drug-likeness (QED) is 0.286. The Kier molecular flexibility index (Phi) is 5.84. The van der Waals surface area contributed by atoms with Gasteiger partial charge < -0.3 is 11.1 Å². The lowest BCUT2D eigenvalue weighted by Gasteiger charge is -2.23. The van der Waals surface area contributed by atoms with Crippen molar-refractivity contribution < 1.29 is 17.2 Å². The first-order valence-electron chi connectivity index (χ1n) is 9.99. The van der Waals surface area contributed by atoms with Crippen molar-refractivity contribution >= 4 is 43.0 Å². The highest BCUT2D eigenvalue weighted by Crippen LogP contribution is 2.41. The van der Waals surface area contributed by atoms with Crippen molar-refractivity contribution in [2.24, 2.45) is 0 Å². The van der Waals surface area contributed by atoms with Gasteiger partial charge in [-0.15, -0.1) is 5.10 Å². The lowest BCUT2D eigenvalue weighted by molar-refractivity contribution is 0.0393. The maximum Gasteiger partial charge on any atom is 0.294 e. The lowest BCUT2D eigenvalue weighted by atomic mass is 9.92. The second-order valence-corrected chi connectivity index (χ2v) is 10.1.